The van der Waals surface area contributed by atoms with Crippen LogP contribution in [0.2, 0.25) is 0 Å². The van der Waals surface area contributed by atoms with Crippen molar-refractivity contribution in [3.05, 3.63) is 34.0 Å². The summed E-state index contributed by atoms with van der Waals surface area (Å²) in [4.78, 5) is 4.39. The molecule has 0 atom stereocenters. The van der Waals surface area contributed by atoms with Gasteiger partial charge in [0.05, 0.1) is 11.8 Å². The Labute approximate surface area is 117 Å². The van der Waals surface area contributed by atoms with Crippen molar-refractivity contribution in [2.75, 3.05) is 11.1 Å². The van der Waals surface area contributed by atoms with Gasteiger partial charge in [-0.1, -0.05) is 0 Å². The zero-order valence-electron chi connectivity index (χ0n) is 11.4. The van der Waals surface area contributed by atoms with Gasteiger partial charge in [0.2, 0.25) is 5.88 Å². The first-order chi connectivity index (χ1) is 9.06. The van der Waals surface area contributed by atoms with Gasteiger partial charge < -0.3 is 15.8 Å². The van der Waals surface area contributed by atoms with Crippen molar-refractivity contribution in [2.24, 2.45) is 0 Å². The summed E-state index contributed by atoms with van der Waals surface area (Å²) < 4.78 is 5.57. The van der Waals surface area contributed by atoms with Gasteiger partial charge in [-0.25, -0.2) is 0 Å². The van der Waals surface area contributed by atoms with Crippen molar-refractivity contribution in [1.82, 2.24) is 4.98 Å². The van der Waals surface area contributed by atoms with Gasteiger partial charge in [-0.3, -0.25) is 0 Å². The molecule has 0 bridgehead atoms. The second-order valence-electron chi connectivity index (χ2n) is 4.69. The van der Waals surface area contributed by atoms with E-state index in [1.807, 2.05) is 26.0 Å². The van der Waals surface area contributed by atoms with E-state index in [0.29, 0.717) is 11.6 Å². The molecule has 0 saturated heterocycles. The van der Waals surface area contributed by atoms with E-state index in [1.165, 1.54) is 11.1 Å². The Hall–Kier alpha value is -1.75. The fourth-order valence-corrected chi connectivity index (χ4v) is 2.48. The monoisotopic (exact) mass is 277 g/mol. The second kappa shape index (κ2) is 5.93. The first-order valence-electron chi connectivity index (χ1n) is 6.25. The average Bonchev–Trinajstić information content (AvgIpc) is 2.75. The van der Waals surface area contributed by atoms with E-state index in [2.05, 4.69) is 28.0 Å². The Morgan fingerprint density at radius 2 is 2.16 bits per heavy atom. The van der Waals surface area contributed by atoms with Gasteiger partial charge in [0.25, 0.3) is 0 Å². The highest BCUT2D eigenvalue weighted by Gasteiger charge is 2.07. The molecule has 0 aliphatic rings. The van der Waals surface area contributed by atoms with Crippen molar-refractivity contribution >= 4 is 22.8 Å². The molecule has 0 amide bonds. The number of nitrogens with two attached hydrogens (primary N) is 1. The van der Waals surface area contributed by atoms with Crippen molar-refractivity contribution in [3.63, 3.8) is 0 Å². The third-order valence-electron chi connectivity index (χ3n) is 2.66. The van der Waals surface area contributed by atoms with E-state index < -0.39 is 0 Å². The number of aryl methyl sites for hydroxylation is 1. The minimum Gasteiger partial charge on any atom is -0.473 e. The summed E-state index contributed by atoms with van der Waals surface area (Å²) in [5.41, 5.74) is 8.98. The Morgan fingerprint density at radius 1 is 1.37 bits per heavy atom. The lowest BCUT2D eigenvalue weighted by atomic mass is 10.2. The van der Waals surface area contributed by atoms with Crippen LogP contribution in [-0.4, -0.2) is 11.1 Å². The van der Waals surface area contributed by atoms with Crippen LogP contribution in [0.5, 0.6) is 5.88 Å². The molecule has 19 heavy (non-hydrogen) atoms. The van der Waals surface area contributed by atoms with E-state index in [-0.39, 0.29) is 6.10 Å². The lowest BCUT2D eigenvalue weighted by molar-refractivity contribution is 0.234. The quantitative estimate of drug-likeness (QED) is 0.879. The summed E-state index contributed by atoms with van der Waals surface area (Å²) in [6.45, 7) is 6.77. The number of aromatic nitrogens is 1. The van der Waals surface area contributed by atoms with Crippen LogP contribution in [0.4, 0.5) is 11.5 Å². The Balaban J connectivity index is 2.06. The van der Waals surface area contributed by atoms with Crippen LogP contribution >= 0.6 is 11.3 Å². The molecule has 0 fully saturated rings. The Morgan fingerprint density at radius 3 is 2.79 bits per heavy atom. The molecule has 102 valence electrons. The minimum atomic E-state index is 0.0594. The Kier molecular flexibility index (Phi) is 4.27. The van der Waals surface area contributed by atoms with Crippen LogP contribution in [0.1, 0.15) is 25.0 Å². The van der Waals surface area contributed by atoms with Crippen LogP contribution in [0.15, 0.2) is 22.9 Å². The smallest absolute Gasteiger partial charge is 0.239 e. The van der Waals surface area contributed by atoms with Gasteiger partial charge in [-0.15, -0.1) is 0 Å². The van der Waals surface area contributed by atoms with Crippen LogP contribution in [0.25, 0.3) is 0 Å². The van der Waals surface area contributed by atoms with E-state index in [4.69, 9.17) is 10.5 Å². The van der Waals surface area contributed by atoms with Crippen LogP contribution in [0, 0.1) is 6.92 Å². The van der Waals surface area contributed by atoms with E-state index in [0.717, 1.165) is 12.4 Å². The van der Waals surface area contributed by atoms with Crippen LogP contribution in [0.3, 0.4) is 0 Å². The maximum Gasteiger partial charge on any atom is 0.239 e. The summed E-state index contributed by atoms with van der Waals surface area (Å²) in [7, 11) is 0. The highest BCUT2D eigenvalue weighted by atomic mass is 32.1. The zero-order chi connectivity index (χ0) is 13.8. The van der Waals surface area contributed by atoms with Crippen molar-refractivity contribution in [1.29, 1.82) is 0 Å². The first kappa shape index (κ1) is 13.7. The number of pyridine rings is 1. The molecule has 0 radical (unpaired) electrons. The third kappa shape index (κ3) is 3.61. The standard InChI is InChI=1S/C14H19N3OS/c1-9(2)18-14-12(15)4-5-13(17-14)16-6-11-8-19-7-10(11)3/h4-5,7-9H,6,15H2,1-3H3,(H,16,17). The van der Waals surface area contributed by atoms with Gasteiger partial charge >= 0.3 is 0 Å². The minimum absolute atomic E-state index is 0.0594. The van der Waals surface area contributed by atoms with Gasteiger partial charge in [0.1, 0.15) is 5.82 Å². The molecule has 0 spiro atoms. The summed E-state index contributed by atoms with van der Waals surface area (Å²) in [5.74, 6) is 1.26. The van der Waals surface area contributed by atoms with Gasteiger partial charge in [-0.2, -0.15) is 16.3 Å². The maximum atomic E-state index is 5.84. The molecule has 4 nitrogen and oxygen atoms in total. The molecule has 2 aromatic rings. The molecule has 5 heteroatoms. The molecule has 2 aromatic heterocycles. The fraction of sp³-hybridized carbons (Fsp3) is 0.357. The first-order valence-corrected chi connectivity index (χ1v) is 7.19. The SMILES string of the molecule is Cc1cscc1CNc1ccc(N)c(OC(C)C)n1. The third-order valence-corrected chi connectivity index (χ3v) is 3.57. The summed E-state index contributed by atoms with van der Waals surface area (Å²) in [6, 6.07) is 3.68. The predicted molar refractivity (Wildman–Crippen MR) is 80.8 cm³/mol. The van der Waals surface area contributed by atoms with Crippen LogP contribution in [-0.2, 0) is 6.54 Å². The summed E-state index contributed by atoms with van der Waals surface area (Å²) in [5, 5.41) is 7.57. The number of thiophene rings is 1. The van der Waals surface area contributed by atoms with E-state index in [9.17, 15) is 0 Å². The average molecular weight is 277 g/mol. The number of nitrogen functional groups attached to an aromatic ring is 1. The fourth-order valence-electron chi connectivity index (χ4n) is 1.62. The molecular formula is C14H19N3OS. The van der Waals surface area contributed by atoms with Crippen molar-refractivity contribution in [2.45, 2.75) is 33.4 Å². The van der Waals surface area contributed by atoms with Gasteiger partial charge in [-0.05, 0) is 54.8 Å². The number of nitrogens with zero attached hydrogens (tertiary/aromatic N) is 1. The lowest BCUT2D eigenvalue weighted by Crippen LogP contribution is -2.10. The molecule has 2 heterocycles. The van der Waals surface area contributed by atoms with Crippen molar-refractivity contribution in [3.8, 4) is 5.88 Å². The number of anilines is 2. The van der Waals surface area contributed by atoms with Gasteiger partial charge in [0.15, 0.2) is 0 Å². The molecular weight excluding hydrogens is 258 g/mol. The summed E-state index contributed by atoms with van der Waals surface area (Å²) in [6.07, 6.45) is 0.0594. The molecule has 0 unspecified atom stereocenters. The molecule has 0 aliphatic heterocycles. The maximum absolute atomic E-state index is 5.84. The molecule has 0 saturated carbocycles. The number of ether oxygens (including phenoxy) is 1. The van der Waals surface area contributed by atoms with E-state index in [1.54, 1.807) is 11.3 Å². The highest BCUT2D eigenvalue weighted by molar-refractivity contribution is 7.08. The molecule has 2 rings (SSSR count). The summed E-state index contributed by atoms with van der Waals surface area (Å²) >= 11 is 1.71. The molecule has 0 aromatic carbocycles. The molecule has 0 aliphatic carbocycles. The van der Waals surface area contributed by atoms with Crippen molar-refractivity contribution < 1.29 is 4.74 Å². The second-order valence-corrected chi connectivity index (χ2v) is 5.43. The largest absolute Gasteiger partial charge is 0.473 e. The zero-order valence-corrected chi connectivity index (χ0v) is 12.3. The normalized spacial score (nSPS) is 10.7. The van der Waals surface area contributed by atoms with Crippen LogP contribution < -0.4 is 15.8 Å². The van der Waals surface area contributed by atoms with E-state index >= 15 is 0 Å². The highest BCUT2D eigenvalue weighted by Crippen LogP contribution is 2.23. The number of hydrogen-bond acceptors (Lipinski definition) is 5. The Bertz CT molecular complexity index is 551. The van der Waals surface area contributed by atoms with Gasteiger partial charge in [0, 0.05) is 6.54 Å². The number of nitrogens with one attached hydrogen (secondary N) is 1. The number of hydrogen-bond donors (Lipinski definition) is 2. The predicted octanol–water partition coefficient (Wildman–Crippen LogP) is 3.43. The molecule has 3 N–H and O–H groups in total. The number of rotatable bonds is 5. The lowest BCUT2D eigenvalue weighted by Gasteiger charge is -2.13. The topological polar surface area (TPSA) is 60.2 Å².